The van der Waals surface area contributed by atoms with Crippen LogP contribution in [0.15, 0.2) is 5.51 Å². The average molecular weight is 296 g/mol. The molecule has 0 saturated heterocycles. The molecule has 1 fully saturated rings. The fourth-order valence-corrected chi connectivity index (χ4v) is 4.04. The first-order valence-corrected chi connectivity index (χ1v) is 8.22. The number of hydrogen-bond acceptors (Lipinski definition) is 4. The van der Waals surface area contributed by atoms with E-state index >= 15 is 0 Å². The van der Waals surface area contributed by atoms with Gasteiger partial charge in [0.1, 0.15) is 0 Å². The van der Waals surface area contributed by atoms with E-state index in [1.807, 2.05) is 12.4 Å². The molecule has 1 aromatic rings. The van der Waals surface area contributed by atoms with E-state index in [1.54, 1.807) is 11.3 Å². The molecule has 1 saturated carbocycles. The Morgan fingerprint density at radius 3 is 2.85 bits per heavy atom. The summed E-state index contributed by atoms with van der Waals surface area (Å²) in [5.74, 6) is -0.200. The maximum absolute atomic E-state index is 11.5. The van der Waals surface area contributed by atoms with E-state index in [4.69, 9.17) is 0 Å². The van der Waals surface area contributed by atoms with Gasteiger partial charge in [0.25, 0.3) is 0 Å². The molecule has 4 nitrogen and oxygen atoms in total. The summed E-state index contributed by atoms with van der Waals surface area (Å²) in [6, 6.07) is 0.146. The molecule has 112 valence electrons. The van der Waals surface area contributed by atoms with E-state index in [-0.39, 0.29) is 12.0 Å². The van der Waals surface area contributed by atoms with Crippen molar-refractivity contribution in [3.63, 3.8) is 0 Å². The van der Waals surface area contributed by atoms with Crippen molar-refractivity contribution in [2.45, 2.75) is 52.1 Å². The molecule has 2 rings (SSSR count). The van der Waals surface area contributed by atoms with Gasteiger partial charge >= 0.3 is 5.97 Å². The first kappa shape index (κ1) is 15.4. The van der Waals surface area contributed by atoms with Crippen LogP contribution < -0.4 is 0 Å². The fraction of sp³-hybridized carbons (Fsp3) is 0.733. The number of carboxylic acid groups (broad SMARTS) is 1. The van der Waals surface area contributed by atoms with Crippen LogP contribution in [0.2, 0.25) is 0 Å². The predicted octanol–water partition coefficient (Wildman–Crippen LogP) is 3.16. The zero-order chi connectivity index (χ0) is 14.7. The van der Waals surface area contributed by atoms with Gasteiger partial charge in [0, 0.05) is 17.5 Å². The third kappa shape index (κ3) is 3.38. The van der Waals surface area contributed by atoms with E-state index in [0.717, 1.165) is 37.9 Å². The van der Waals surface area contributed by atoms with Gasteiger partial charge in [-0.1, -0.05) is 13.3 Å². The standard InChI is InChI=1S/C15H24N2O2S/c1-4-11-5-6-12(15(18)19)13(7-11)17(3)8-14-10(2)16-9-20-14/h9,11-13H,4-8H2,1-3H3,(H,18,19). The van der Waals surface area contributed by atoms with E-state index in [9.17, 15) is 9.90 Å². The first-order valence-electron chi connectivity index (χ1n) is 7.34. The Bertz CT molecular complexity index is 460. The van der Waals surface area contributed by atoms with Gasteiger partial charge in [-0.2, -0.15) is 0 Å². The average Bonchev–Trinajstić information content (AvgIpc) is 2.83. The van der Waals surface area contributed by atoms with Crippen LogP contribution >= 0.6 is 11.3 Å². The number of hydrogen-bond donors (Lipinski definition) is 1. The highest BCUT2D eigenvalue weighted by atomic mass is 32.1. The smallest absolute Gasteiger partial charge is 0.308 e. The van der Waals surface area contributed by atoms with Crippen molar-refractivity contribution in [1.82, 2.24) is 9.88 Å². The number of thiazole rings is 1. The van der Waals surface area contributed by atoms with Crippen LogP contribution in [-0.4, -0.2) is 34.0 Å². The maximum Gasteiger partial charge on any atom is 0.308 e. The molecule has 3 atom stereocenters. The van der Waals surface area contributed by atoms with Crippen LogP contribution in [-0.2, 0) is 11.3 Å². The van der Waals surface area contributed by atoms with E-state index in [1.165, 1.54) is 4.88 Å². The third-order valence-corrected chi connectivity index (χ3v) is 5.54. The normalized spacial score (nSPS) is 26.9. The van der Waals surface area contributed by atoms with Crippen molar-refractivity contribution in [1.29, 1.82) is 0 Å². The van der Waals surface area contributed by atoms with Crippen LogP contribution in [0.3, 0.4) is 0 Å². The zero-order valence-corrected chi connectivity index (χ0v) is 13.3. The quantitative estimate of drug-likeness (QED) is 0.907. The number of rotatable bonds is 5. The molecule has 0 aliphatic heterocycles. The van der Waals surface area contributed by atoms with Crippen LogP contribution in [0, 0.1) is 18.8 Å². The fourth-order valence-electron chi connectivity index (χ4n) is 3.20. The Morgan fingerprint density at radius 1 is 1.55 bits per heavy atom. The number of aryl methyl sites for hydroxylation is 1. The Balaban J connectivity index is 2.09. The molecule has 0 aromatic carbocycles. The monoisotopic (exact) mass is 296 g/mol. The van der Waals surface area contributed by atoms with Gasteiger partial charge in [-0.25, -0.2) is 4.98 Å². The van der Waals surface area contributed by atoms with Gasteiger partial charge in [-0.15, -0.1) is 11.3 Å². The Kier molecular flexibility index (Phi) is 5.16. The molecule has 0 bridgehead atoms. The van der Waals surface area contributed by atoms with Crippen LogP contribution in [0.1, 0.15) is 43.2 Å². The van der Waals surface area contributed by atoms with E-state index < -0.39 is 5.97 Å². The van der Waals surface area contributed by atoms with Crippen molar-refractivity contribution in [2.75, 3.05) is 7.05 Å². The highest BCUT2D eigenvalue weighted by Crippen LogP contribution is 2.34. The Labute approximate surface area is 124 Å². The highest BCUT2D eigenvalue weighted by Gasteiger charge is 2.36. The summed E-state index contributed by atoms with van der Waals surface area (Å²) in [7, 11) is 2.05. The van der Waals surface area contributed by atoms with Crippen molar-refractivity contribution in [3.8, 4) is 0 Å². The number of carboxylic acids is 1. The lowest BCUT2D eigenvalue weighted by Crippen LogP contribution is -2.45. The molecule has 3 unspecified atom stereocenters. The van der Waals surface area contributed by atoms with Gasteiger partial charge in [0.15, 0.2) is 0 Å². The largest absolute Gasteiger partial charge is 0.481 e. The number of aromatic nitrogens is 1. The molecular weight excluding hydrogens is 272 g/mol. The number of nitrogens with zero attached hydrogens (tertiary/aromatic N) is 2. The van der Waals surface area contributed by atoms with E-state index in [2.05, 4.69) is 23.9 Å². The van der Waals surface area contributed by atoms with Crippen molar-refractivity contribution in [2.24, 2.45) is 11.8 Å². The zero-order valence-electron chi connectivity index (χ0n) is 12.5. The van der Waals surface area contributed by atoms with Gasteiger partial charge in [-0.3, -0.25) is 9.69 Å². The minimum Gasteiger partial charge on any atom is -0.481 e. The lowest BCUT2D eigenvalue weighted by Gasteiger charge is -2.39. The summed E-state index contributed by atoms with van der Waals surface area (Å²) < 4.78 is 0. The molecule has 1 aromatic heterocycles. The number of aliphatic carboxylic acids is 1. The summed E-state index contributed by atoms with van der Waals surface area (Å²) in [5, 5.41) is 9.46. The molecule has 20 heavy (non-hydrogen) atoms. The van der Waals surface area contributed by atoms with E-state index in [0.29, 0.717) is 5.92 Å². The van der Waals surface area contributed by atoms with Crippen LogP contribution in [0.5, 0.6) is 0 Å². The van der Waals surface area contributed by atoms with Gasteiger partial charge in [0.05, 0.1) is 17.1 Å². The summed E-state index contributed by atoms with van der Waals surface area (Å²) in [6.07, 6.45) is 4.01. The molecule has 1 aliphatic carbocycles. The predicted molar refractivity (Wildman–Crippen MR) is 80.9 cm³/mol. The first-order chi connectivity index (χ1) is 9.52. The second-order valence-electron chi connectivity index (χ2n) is 5.88. The summed E-state index contributed by atoms with van der Waals surface area (Å²) in [4.78, 5) is 19.2. The summed E-state index contributed by atoms with van der Waals surface area (Å²) in [5.41, 5.74) is 2.93. The molecule has 0 spiro atoms. The topological polar surface area (TPSA) is 53.4 Å². The van der Waals surface area contributed by atoms with Gasteiger partial charge in [0.2, 0.25) is 0 Å². The second-order valence-corrected chi connectivity index (χ2v) is 6.81. The summed E-state index contributed by atoms with van der Waals surface area (Å²) in [6.45, 7) is 5.03. The van der Waals surface area contributed by atoms with Gasteiger partial charge in [-0.05, 0) is 39.2 Å². The Morgan fingerprint density at radius 2 is 2.30 bits per heavy atom. The lowest BCUT2D eigenvalue weighted by atomic mass is 9.76. The Hall–Kier alpha value is -0.940. The SMILES string of the molecule is CCC1CCC(C(=O)O)C(N(C)Cc2scnc2C)C1. The molecule has 1 aliphatic rings. The minimum atomic E-state index is -0.641. The third-order valence-electron chi connectivity index (χ3n) is 4.62. The number of carbonyl (C=O) groups is 1. The lowest BCUT2D eigenvalue weighted by molar-refractivity contribution is -0.146. The molecular formula is C15H24N2O2S. The molecule has 5 heteroatoms. The molecule has 0 amide bonds. The molecule has 0 radical (unpaired) electrons. The van der Waals surface area contributed by atoms with Crippen molar-refractivity contribution in [3.05, 3.63) is 16.1 Å². The maximum atomic E-state index is 11.5. The minimum absolute atomic E-state index is 0.146. The van der Waals surface area contributed by atoms with Gasteiger partial charge < -0.3 is 5.11 Å². The van der Waals surface area contributed by atoms with Crippen molar-refractivity contribution >= 4 is 17.3 Å². The molecule has 1 heterocycles. The highest BCUT2D eigenvalue weighted by molar-refractivity contribution is 7.09. The van der Waals surface area contributed by atoms with Crippen molar-refractivity contribution < 1.29 is 9.90 Å². The molecule has 1 N–H and O–H groups in total. The van der Waals surface area contributed by atoms with Crippen LogP contribution in [0.4, 0.5) is 0 Å². The summed E-state index contributed by atoms with van der Waals surface area (Å²) >= 11 is 1.66. The van der Waals surface area contributed by atoms with Crippen LogP contribution in [0.25, 0.3) is 0 Å². The second kappa shape index (κ2) is 6.68.